The lowest BCUT2D eigenvalue weighted by Crippen LogP contribution is -2.42. The molecule has 0 N–H and O–H groups in total. The zero-order chi connectivity index (χ0) is 18.2. The van der Waals surface area contributed by atoms with Crippen molar-refractivity contribution in [2.24, 2.45) is 5.92 Å². The van der Waals surface area contributed by atoms with Gasteiger partial charge in [0.1, 0.15) is 6.54 Å². The molecule has 1 unspecified atom stereocenters. The smallest absolute Gasteiger partial charge is 0.302 e. The van der Waals surface area contributed by atoms with Gasteiger partial charge in [-0.05, 0) is 23.1 Å². The maximum Gasteiger partial charge on any atom is 0.406 e. The summed E-state index contributed by atoms with van der Waals surface area (Å²) in [6.07, 6.45) is -3.75. The van der Waals surface area contributed by atoms with Gasteiger partial charge in [0.2, 0.25) is 5.91 Å². The second-order valence-electron chi connectivity index (χ2n) is 6.51. The van der Waals surface area contributed by atoms with Crippen LogP contribution in [-0.4, -0.2) is 18.6 Å². The van der Waals surface area contributed by atoms with E-state index in [4.69, 9.17) is 0 Å². The molecule has 1 aliphatic rings. The molecule has 0 spiro atoms. The minimum atomic E-state index is -4.46. The van der Waals surface area contributed by atoms with E-state index in [2.05, 4.69) is 0 Å². The topological polar surface area (TPSA) is 20.3 Å². The molecule has 2 aromatic carbocycles. The van der Waals surface area contributed by atoms with Gasteiger partial charge in [0.05, 0.1) is 11.6 Å². The molecule has 132 valence electrons. The average Bonchev–Trinajstić information content (AvgIpc) is 2.68. The molecule has 25 heavy (non-hydrogen) atoms. The first kappa shape index (κ1) is 17.5. The Hall–Kier alpha value is -2.30. The molecule has 2 nitrogen and oxygen atoms in total. The summed E-state index contributed by atoms with van der Waals surface area (Å²) in [5.74, 6) is -1.13. The first-order valence-electron chi connectivity index (χ1n) is 8.40. The van der Waals surface area contributed by atoms with Crippen LogP contribution in [0.5, 0.6) is 0 Å². The third-order valence-electron chi connectivity index (χ3n) is 4.86. The van der Waals surface area contributed by atoms with Crippen LogP contribution in [-0.2, 0) is 4.79 Å². The highest BCUT2D eigenvalue weighted by molar-refractivity contribution is 6.05. The highest BCUT2D eigenvalue weighted by Crippen LogP contribution is 2.44. The number of benzene rings is 2. The van der Waals surface area contributed by atoms with E-state index < -0.39 is 24.5 Å². The van der Waals surface area contributed by atoms with Gasteiger partial charge in [-0.2, -0.15) is 13.2 Å². The molecule has 0 aromatic heterocycles. The van der Waals surface area contributed by atoms with Crippen molar-refractivity contribution in [1.29, 1.82) is 0 Å². The van der Waals surface area contributed by atoms with Gasteiger partial charge in [-0.1, -0.05) is 62.7 Å². The predicted octanol–water partition coefficient (Wildman–Crippen LogP) is 5.39. The first-order chi connectivity index (χ1) is 11.8. The van der Waals surface area contributed by atoms with Gasteiger partial charge >= 0.3 is 6.18 Å². The Morgan fingerprint density at radius 2 is 1.64 bits per heavy atom. The van der Waals surface area contributed by atoms with Crippen LogP contribution in [0.25, 0.3) is 11.1 Å². The lowest BCUT2D eigenvalue weighted by Gasteiger charge is -2.29. The number of para-hydroxylation sites is 1. The molecule has 2 atom stereocenters. The Morgan fingerprint density at radius 1 is 1.04 bits per heavy atom. The number of anilines is 1. The summed E-state index contributed by atoms with van der Waals surface area (Å²) in [5.41, 5.74) is 2.63. The van der Waals surface area contributed by atoms with Crippen LogP contribution in [0.15, 0.2) is 48.5 Å². The molecular weight excluding hydrogens is 327 g/mol. The number of hydrogen-bond donors (Lipinski definition) is 0. The predicted molar refractivity (Wildman–Crippen MR) is 92.5 cm³/mol. The SMILES string of the molecule is CCC(C)[C@@H]1C(=O)N(CC(F)(F)F)c2ccccc2-c2ccccc21. The van der Waals surface area contributed by atoms with Gasteiger partial charge in [-0.15, -0.1) is 0 Å². The van der Waals surface area contributed by atoms with Gasteiger partial charge in [0.25, 0.3) is 0 Å². The summed E-state index contributed by atoms with van der Waals surface area (Å²) in [4.78, 5) is 14.1. The molecule has 0 saturated carbocycles. The fraction of sp³-hybridized carbons (Fsp3) is 0.350. The van der Waals surface area contributed by atoms with E-state index in [0.717, 1.165) is 16.0 Å². The van der Waals surface area contributed by atoms with Crippen LogP contribution < -0.4 is 4.90 Å². The zero-order valence-electron chi connectivity index (χ0n) is 14.2. The summed E-state index contributed by atoms with van der Waals surface area (Å²) in [5, 5.41) is 0. The molecule has 2 aromatic rings. The van der Waals surface area contributed by atoms with Gasteiger partial charge in [-0.25, -0.2) is 0 Å². The zero-order valence-corrected chi connectivity index (χ0v) is 14.2. The van der Waals surface area contributed by atoms with Crippen LogP contribution in [0.1, 0.15) is 31.7 Å². The third kappa shape index (κ3) is 3.28. The van der Waals surface area contributed by atoms with Gasteiger partial charge < -0.3 is 4.90 Å². The molecular formula is C20H20F3NO. The first-order valence-corrected chi connectivity index (χ1v) is 8.40. The molecule has 1 aliphatic heterocycles. The standard InChI is InChI=1S/C20H20F3NO/c1-3-13(2)18-16-10-5-4-8-14(16)15-9-6-7-11-17(15)24(19(18)25)12-20(21,22)23/h4-11,13,18H,3,12H2,1-2H3/t13?,18-/m0/s1. The minimum Gasteiger partial charge on any atom is -0.302 e. The molecule has 5 heteroatoms. The summed E-state index contributed by atoms with van der Waals surface area (Å²) in [6.45, 7) is 2.59. The molecule has 1 amide bonds. The second-order valence-corrected chi connectivity index (χ2v) is 6.51. The quantitative estimate of drug-likeness (QED) is 0.729. The van der Waals surface area contributed by atoms with E-state index in [9.17, 15) is 18.0 Å². The molecule has 1 heterocycles. The van der Waals surface area contributed by atoms with E-state index in [1.807, 2.05) is 38.1 Å². The number of halogens is 3. The normalized spacial score (nSPS) is 18.4. The largest absolute Gasteiger partial charge is 0.406 e. The lowest BCUT2D eigenvalue weighted by molar-refractivity contribution is -0.133. The highest BCUT2D eigenvalue weighted by atomic mass is 19.4. The Kier molecular flexibility index (Phi) is 4.58. The Balaban J connectivity index is 2.26. The number of carbonyl (C=O) groups excluding carboxylic acids is 1. The van der Waals surface area contributed by atoms with Crippen molar-refractivity contribution in [2.75, 3.05) is 11.4 Å². The fourth-order valence-corrected chi connectivity index (χ4v) is 3.50. The number of alkyl halides is 3. The second kappa shape index (κ2) is 6.54. The monoisotopic (exact) mass is 347 g/mol. The summed E-state index contributed by atoms with van der Waals surface area (Å²) in [6, 6.07) is 14.3. The number of hydrogen-bond acceptors (Lipinski definition) is 1. The summed E-state index contributed by atoms with van der Waals surface area (Å²) >= 11 is 0. The molecule has 0 saturated heterocycles. The van der Waals surface area contributed by atoms with E-state index in [0.29, 0.717) is 17.7 Å². The van der Waals surface area contributed by atoms with Crippen molar-refractivity contribution in [2.45, 2.75) is 32.4 Å². The minimum absolute atomic E-state index is 0.0568. The molecule has 3 rings (SSSR count). The van der Waals surface area contributed by atoms with Crippen molar-refractivity contribution in [3.63, 3.8) is 0 Å². The summed E-state index contributed by atoms with van der Waals surface area (Å²) < 4.78 is 39.6. The molecule has 0 bridgehead atoms. The number of fused-ring (bicyclic) bond motifs is 3. The van der Waals surface area contributed by atoms with E-state index in [1.165, 1.54) is 0 Å². The van der Waals surface area contributed by atoms with Crippen LogP contribution in [0.3, 0.4) is 0 Å². The number of carbonyl (C=O) groups is 1. The van der Waals surface area contributed by atoms with Gasteiger partial charge in [-0.3, -0.25) is 4.79 Å². The van der Waals surface area contributed by atoms with Crippen LogP contribution in [0.2, 0.25) is 0 Å². The van der Waals surface area contributed by atoms with E-state index >= 15 is 0 Å². The van der Waals surface area contributed by atoms with Crippen molar-refractivity contribution in [1.82, 2.24) is 0 Å². The van der Waals surface area contributed by atoms with Crippen molar-refractivity contribution in [3.8, 4) is 11.1 Å². The number of amides is 1. The van der Waals surface area contributed by atoms with Crippen molar-refractivity contribution >= 4 is 11.6 Å². The van der Waals surface area contributed by atoms with E-state index in [-0.39, 0.29) is 5.92 Å². The van der Waals surface area contributed by atoms with Crippen LogP contribution in [0, 0.1) is 5.92 Å². The lowest BCUT2D eigenvalue weighted by atomic mass is 9.82. The Morgan fingerprint density at radius 3 is 2.28 bits per heavy atom. The Labute approximate surface area is 145 Å². The average molecular weight is 347 g/mol. The van der Waals surface area contributed by atoms with Crippen molar-refractivity contribution < 1.29 is 18.0 Å². The van der Waals surface area contributed by atoms with Crippen molar-refractivity contribution in [3.05, 3.63) is 54.1 Å². The number of rotatable bonds is 3. The third-order valence-corrected chi connectivity index (χ3v) is 4.86. The molecule has 0 aliphatic carbocycles. The molecule has 0 fully saturated rings. The Bertz CT molecular complexity index is 785. The maximum atomic E-state index is 13.2. The van der Waals surface area contributed by atoms with Crippen LogP contribution >= 0.6 is 0 Å². The number of nitrogens with zero attached hydrogens (tertiary/aromatic N) is 1. The van der Waals surface area contributed by atoms with Crippen LogP contribution in [0.4, 0.5) is 18.9 Å². The van der Waals surface area contributed by atoms with Gasteiger partial charge in [0.15, 0.2) is 0 Å². The van der Waals surface area contributed by atoms with Gasteiger partial charge in [0, 0.05) is 5.56 Å². The molecule has 0 radical (unpaired) electrons. The maximum absolute atomic E-state index is 13.2. The summed E-state index contributed by atoms with van der Waals surface area (Å²) in [7, 11) is 0. The highest BCUT2D eigenvalue weighted by Gasteiger charge is 2.41. The van der Waals surface area contributed by atoms with E-state index in [1.54, 1.807) is 24.3 Å². The fourth-order valence-electron chi connectivity index (χ4n) is 3.50.